The molecule has 0 aliphatic carbocycles. The molecule has 3 N–H and O–H groups in total. The van der Waals surface area contributed by atoms with Crippen molar-refractivity contribution < 1.29 is 22.5 Å². The Labute approximate surface area is 152 Å². The van der Waals surface area contributed by atoms with Gasteiger partial charge in [0.05, 0.1) is 19.1 Å². The first kappa shape index (κ1) is 19.6. The number of benzene rings is 1. The molecular formula is C16H22N4O5S. The van der Waals surface area contributed by atoms with E-state index in [-0.39, 0.29) is 11.6 Å². The fraction of sp³-hybridized carbons (Fsp3) is 0.375. The van der Waals surface area contributed by atoms with Crippen LogP contribution in [0.25, 0.3) is 0 Å². The molecule has 1 amide bonds. The highest BCUT2D eigenvalue weighted by molar-refractivity contribution is 7.92. The molecule has 0 bridgehead atoms. The van der Waals surface area contributed by atoms with E-state index >= 15 is 0 Å². The number of aryl methyl sites for hydroxylation is 1. The Bertz CT molecular complexity index is 879. The fourth-order valence-electron chi connectivity index (χ4n) is 2.27. The van der Waals surface area contributed by atoms with Crippen LogP contribution in [0.4, 0.5) is 17.2 Å². The summed E-state index contributed by atoms with van der Waals surface area (Å²) in [5.74, 6) is 1.01. The number of aromatic nitrogens is 1. The Kier molecular flexibility index (Phi) is 6.09. The summed E-state index contributed by atoms with van der Waals surface area (Å²) >= 11 is 0. The molecule has 0 spiro atoms. The number of ether oxygens (including phenoxy) is 1. The van der Waals surface area contributed by atoms with Crippen LogP contribution in [-0.4, -0.2) is 38.9 Å². The van der Waals surface area contributed by atoms with Crippen LogP contribution < -0.4 is 20.1 Å². The molecule has 0 aliphatic heterocycles. The molecule has 9 nitrogen and oxygen atoms in total. The van der Waals surface area contributed by atoms with Crippen molar-refractivity contribution in [3.05, 3.63) is 30.0 Å². The molecule has 0 unspecified atom stereocenters. The van der Waals surface area contributed by atoms with Crippen molar-refractivity contribution >= 4 is 33.1 Å². The van der Waals surface area contributed by atoms with Crippen LogP contribution in [0.1, 0.15) is 19.1 Å². The van der Waals surface area contributed by atoms with Gasteiger partial charge in [-0.05, 0) is 31.5 Å². The molecule has 0 fully saturated rings. The van der Waals surface area contributed by atoms with Crippen molar-refractivity contribution in [3.8, 4) is 5.75 Å². The lowest BCUT2D eigenvalue weighted by Gasteiger charge is -2.18. The van der Waals surface area contributed by atoms with Crippen LogP contribution >= 0.6 is 0 Å². The topological polar surface area (TPSA) is 123 Å². The zero-order chi connectivity index (χ0) is 19.3. The number of hydrogen-bond donors (Lipinski definition) is 3. The zero-order valence-electron chi connectivity index (χ0n) is 15.0. The number of anilines is 3. The van der Waals surface area contributed by atoms with Crippen molar-refractivity contribution in [2.45, 2.75) is 26.3 Å². The molecule has 1 aromatic carbocycles. The molecule has 1 atom stereocenters. The standard InChI is InChI=1S/C16H22N4O5S/c1-5-12(16(21)18-15-8-10(2)25-19-15)17-11-6-7-14(24-3)13(9-11)20-26(4,22)23/h6-9,12,17,20H,5H2,1-4H3,(H,18,19,21)/t12-/m1/s1. The van der Waals surface area contributed by atoms with Gasteiger partial charge in [-0.2, -0.15) is 0 Å². The van der Waals surface area contributed by atoms with E-state index in [1.165, 1.54) is 7.11 Å². The Morgan fingerprint density at radius 3 is 2.62 bits per heavy atom. The number of hydrogen-bond acceptors (Lipinski definition) is 7. The molecule has 0 radical (unpaired) electrons. The number of amides is 1. The van der Waals surface area contributed by atoms with Crippen LogP contribution in [0.5, 0.6) is 5.75 Å². The predicted octanol–water partition coefficient (Wildman–Crippen LogP) is 2.19. The number of methoxy groups -OCH3 is 1. The van der Waals surface area contributed by atoms with Crippen molar-refractivity contribution in [1.29, 1.82) is 0 Å². The smallest absolute Gasteiger partial charge is 0.248 e. The summed E-state index contributed by atoms with van der Waals surface area (Å²) in [5.41, 5.74) is 0.845. The van der Waals surface area contributed by atoms with E-state index in [2.05, 4.69) is 20.5 Å². The molecule has 0 saturated carbocycles. The summed E-state index contributed by atoms with van der Waals surface area (Å²) in [6.45, 7) is 3.58. The predicted molar refractivity (Wildman–Crippen MR) is 99.0 cm³/mol. The van der Waals surface area contributed by atoms with Crippen molar-refractivity contribution in [2.24, 2.45) is 0 Å². The third-order valence-electron chi connectivity index (χ3n) is 3.44. The largest absolute Gasteiger partial charge is 0.495 e. The van der Waals surface area contributed by atoms with Gasteiger partial charge < -0.3 is 19.9 Å². The SMILES string of the molecule is CC[C@@H](Nc1ccc(OC)c(NS(C)(=O)=O)c1)C(=O)Nc1cc(C)on1. The molecule has 142 valence electrons. The van der Waals surface area contributed by atoms with Crippen molar-refractivity contribution in [1.82, 2.24) is 5.16 Å². The lowest BCUT2D eigenvalue weighted by Crippen LogP contribution is -2.34. The van der Waals surface area contributed by atoms with E-state index in [9.17, 15) is 13.2 Å². The van der Waals surface area contributed by atoms with Gasteiger partial charge in [-0.25, -0.2) is 8.42 Å². The average molecular weight is 382 g/mol. The van der Waals surface area contributed by atoms with Crippen LogP contribution in [0, 0.1) is 6.92 Å². The maximum absolute atomic E-state index is 12.4. The fourth-order valence-corrected chi connectivity index (χ4v) is 2.83. The Morgan fingerprint density at radius 2 is 2.08 bits per heavy atom. The quantitative estimate of drug-likeness (QED) is 0.639. The van der Waals surface area contributed by atoms with E-state index in [0.717, 1.165) is 6.26 Å². The monoisotopic (exact) mass is 382 g/mol. The number of carbonyl (C=O) groups is 1. The Morgan fingerprint density at radius 1 is 1.35 bits per heavy atom. The number of sulfonamides is 1. The highest BCUT2D eigenvalue weighted by atomic mass is 32.2. The summed E-state index contributed by atoms with van der Waals surface area (Å²) in [4.78, 5) is 12.4. The van der Waals surface area contributed by atoms with Gasteiger partial charge in [-0.1, -0.05) is 12.1 Å². The summed E-state index contributed by atoms with van der Waals surface area (Å²) in [7, 11) is -2.03. The van der Waals surface area contributed by atoms with Gasteiger partial charge in [0.2, 0.25) is 15.9 Å². The van der Waals surface area contributed by atoms with E-state index in [0.29, 0.717) is 29.4 Å². The number of carbonyl (C=O) groups excluding carboxylic acids is 1. The van der Waals surface area contributed by atoms with Crippen LogP contribution in [-0.2, 0) is 14.8 Å². The van der Waals surface area contributed by atoms with Gasteiger partial charge in [-0.15, -0.1) is 0 Å². The molecule has 0 aliphatic rings. The van der Waals surface area contributed by atoms with Crippen LogP contribution in [0.15, 0.2) is 28.8 Å². The van der Waals surface area contributed by atoms with Gasteiger partial charge in [0.1, 0.15) is 17.6 Å². The van der Waals surface area contributed by atoms with Gasteiger partial charge in [-0.3, -0.25) is 9.52 Å². The van der Waals surface area contributed by atoms with E-state index < -0.39 is 16.1 Å². The molecule has 1 aromatic heterocycles. The second-order valence-electron chi connectivity index (χ2n) is 5.71. The second-order valence-corrected chi connectivity index (χ2v) is 7.45. The van der Waals surface area contributed by atoms with E-state index in [4.69, 9.17) is 9.26 Å². The molecule has 10 heteroatoms. The van der Waals surface area contributed by atoms with Crippen LogP contribution in [0.2, 0.25) is 0 Å². The van der Waals surface area contributed by atoms with Gasteiger partial charge in [0, 0.05) is 11.8 Å². The first-order chi connectivity index (χ1) is 12.2. The Balaban J connectivity index is 2.16. The van der Waals surface area contributed by atoms with E-state index in [1.807, 2.05) is 6.92 Å². The van der Waals surface area contributed by atoms with Crippen molar-refractivity contribution in [2.75, 3.05) is 28.7 Å². The summed E-state index contributed by atoms with van der Waals surface area (Å²) < 4.78 is 35.5. The highest BCUT2D eigenvalue weighted by Crippen LogP contribution is 2.29. The molecule has 2 rings (SSSR count). The molecular weight excluding hydrogens is 360 g/mol. The van der Waals surface area contributed by atoms with E-state index in [1.54, 1.807) is 31.2 Å². The normalized spacial score (nSPS) is 12.3. The first-order valence-electron chi connectivity index (χ1n) is 7.88. The third-order valence-corrected chi connectivity index (χ3v) is 4.03. The van der Waals surface area contributed by atoms with Crippen molar-refractivity contribution in [3.63, 3.8) is 0 Å². The summed E-state index contributed by atoms with van der Waals surface area (Å²) in [5, 5.41) is 9.47. The minimum absolute atomic E-state index is 0.280. The first-order valence-corrected chi connectivity index (χ1v) is 9.77. The minimum Gasteiger partial charge on any atom is -0.495 e. The second kappa shape index (κ2) is 8.09. The number of nitrogens with one attached hydrogen (secondary N) is 3. The molecule has 0 saturated heterocycles. The lowest BCUT2D eigenvalue weighted by atomic mass is 10.2. The Hall–Kier alpha value is -2.75. The minimum atomic E-state index is -3.47. The van der Waals surface area contributed by atoms with Gasteiger partial charge >= 0.3 is 0 Å². The van der Waals surface area contributed by atoms with Gasteiger partial charge in [0.25, 0.3) is 0 Å². The highest BCUT2D eigenvalue weighted by Gasteiger charge is 2.19. The maximum atomic E-state index is 12.4. The molecule has 1 heterocycles. The third kappa shape index (κ3) is 5.38. The van der Waals surface area contributed by atoms with Crippen LogP contribution in [0.3, 0.4) is 0 Å². The zero-order valence-corrected chi connectivity index (χ0v) is 15.8. The van der Waals surface area contributed by atoms with Gasteiger partial charge in [0.15, 0.2) is 5.82 Å². The maximum Gasteiger partial charge on any atom is 0.248 e. The molecule has 2 aromatic rings. The summed E-state index contributed by atoms with van der Waals surface area (Å²) in [6.07, 6.45) is 1.55. The number of rotatable bonds is 8. The average Bonchev–Trinajstić information content (AvgIpc) is 2.96. The molecule has 26 heavy (non-hydrogen) atoms. The summed E-state index contributed by atoms with van der Waals surface area (Å²) in [6, 6.07) is 5.94. The lowest BCUT2D eigenvalue weighted by molar-refractivity contribution is -0.117. The number of nitrogens with zero attached hydrogens (tertiary/aromatic N) is 1.